The predicted octanol–water partition coefficient (Wildman–Crippen LogP) is -0.615. The summed E-state index contributed by atoms with van der Waals surface area (Å²) in [6.07, 6.45) is 0. The smallest absolute Gasteiger partial charge is 0.0594 e. The summed E-state index contributed by atoms with van der Waals surface area (Å²) in [7, 11) is 4.00. The highest BCUT2D eigenvalue weighted by atomic mass is 16.5. The number of hydrogen-bond acceptors (Lipinski definition) is 4. The maximum absolute atomic E-state index is 5.26. The third kappa shape index (κ3) is 3.49. The molecule has 0 saturated carbocycles. The molecular weight excluding hydrogens is 154 g/mol. The summed E-state index contributed by atoms with van der Waals surface area (Å²) in [6.45, 7) is 6.14. The van der Waals surface area contributed by atoms with E-state index in [9.17, 15) is 0 Å². The van der Waals surface area contributed by atoms with Crippen molar-refractivity contribution in [3.63, 3.8) is 0 Å². The maximum atomic E-state index is 5.26. The molecule has 1 aliphatic heterocycles. The summed E-state index contributed by atoms with van der Waals surface area (Å²) in [5.41, 5.74) is 3.08. The molecule has 1 fully saturated rings. The lowest BCUT2D eigenvalue weighted by molar-refractivity contribution is 0.0326. The van der Waals surface area contributed by atoms with Gasteiger partial charge in [0, 0.05) is 33.2 Å². The van der Waals surface area contributed by atoms with E-state index in [1.54, 1.807) is 0 Å². The fourth-order valence-corrected chi connectivity index (χ4v) is 1.23. The van der Waals surface area contributed by atoms with Crippen molar-refractivity contribution >= 4 is 0 Å². The maximum Gasteiger partial charge on any atom is 0.0594 e. The molecule has 4 heteroatoms. The molecule has 0 amide bonds. The Balaban J connectivity index is 2.05. The van der Waals surface area contributed by atoms with Crippen LogP contribution in [0.15, 0.2) is 0 Å². The number of nitrogens with zero attached hydrogens (tertiary/aromatic N) is 2. The molecular formula is C8H19N3O. The zero-order valence-electron chi connectivity index (χ0n) is 8.05. The Hall–Kier alpha value is -0.160. The van der Waals surface area contributed by atoms with Crippen LogP contribution >= 0.6 is 0 Å². The molecule has 0 aromatic rings. The van der Waals surface area contributed by atoms with Crippen LogP contribution in [0.25, 0.3) is 0 Å². The van der Waals surface area contributed by atoms with Gasteiger partial charge in [-0.15, -0.1) is 0 Å². The second kappa shape index (κ2) is 5.48. The van der Waals surface area contributed by atoms with E-state index in [0.717, 1.165) is 39.4 Å². The summed E-state index contributed by atoms with van der Waals surface area (Å²) < 4.78 is 5.26. The van der Waals surface area contributed by atoms with Crippen molar-refractivity contribution in [2.75, 3.05) is 53.5 Å². The molecule has 0 aromatic carbocycles. The number of likely N-dealkylation sites (N-methyl/N-ethyl adjacent to an activating group) is 1. The van der Waals surface area contributed by atoms with Gasteiger partial charge in [0.2, 0.25) is 0 Å². The molecule has 1 saturated heterocycles. The molecule has 1 aliphatic rings. The van der Waals surface area contributed by atoms with Crippen molar-refractivity contribution in [3.05, 3.63) is 0 Å². The van der Waals surface area contributed by atoms with Crippen molar-refractivity contribution < 1.29 is 4.74 Å². The Morgan fingerprint density at radius 3 is 2.67 bits per heavy atom. The van der Waals surface area contributed by atoms with Gasteiger partial charge in [-0.25, -0.2) is 5.01 Å². The first-order chi connectivity index (χ1) is 5.83. The van der Waals surface area contributed by atoms with Crippen LogP contribution in [-0.4, -0.2) is 63.4 Å². The Morgan fingerprint density at radius 1 is 1.42 bits per heavy atom. The van der Waals surface area contributed by atoms with Gasteiger partial charge in [0.15, 0.2) is 0 Å². The molecule has 0 aromatic heterocycles. The number of rotatable bonds is 4. The highest BCUT2D eigenvalue weighted by Gasteiger charge is 2.09. The molecule has 0 atom stereocenters. The lowest BCUT2D eigenvalue weighted by atomic mass is 10.4. The normalized spacial score (nSPS) is 20.2. The van der Waals surface area contributed by atoms with Crippen molar-refractivity contribution in [1.82, 2.24) is 15.3 Å². The fourth-order valence-electron chi connectivity index (χ4n) is 1.23. The van der Waals surface area contributed by atoms with Crippen LogP contribution in [0, 0.1) is 0 Å². The second-order valence-corrected chi connectivity index (χ2v) is 3.10. The van der Waals surface area contributed by atoms with Crippen LogP contribution in [0.3, 0.4) is 0 Å². The van der Waals surface area contributed by atoms with E-state index < -0.39 is 0 Å². The minimum Gasteiger partial charge on any atom is -0.379 e. The van der Waals surface area contributed by atoms with Gasteiger partial charge in [0.1, 0.15) is 0 Å². The van der Waals surface area contributed by atoms with Gasteiger partial charge in [0.25, 0.3) is 0 Å². The Bertz CT molecular complexity index is 115. The molecule has 0 spiro atoms. The van der Waals surface area contributed by atoms with Crippen LogP contribution in [-0.2, 0) is 4.74 Å². The molecule has 12 heavy (non-hydrogen) atoms. The first kappa shape index (κ1) is 9.92. The Kier molecular flexibility index (Phi) is 4.53. The SMILES string of the molecule is CNN(C)CCN1CCOCC1. The number of ether oxygens (including phenoxy) is 1. The standard InChI is InChI=1S/C8H19N3O/c1-9-10(2)3-4-11-5-7-12-8-6-11/h9H,3-8H2,1-2H3. The number of morpholine rings is 1. The summed E-state index contributed by atoms with van der Waals surface area (Å²) in [5, 5.41) is 2.09. The highest BCUT2D eigenvalue weighted by Crippen LogP contribution is 1.95. The lowest BCUT2D eigenvalue weighted by Crippen LogP contribution is -2.43. The van der Waals surface area contributed by atoms with Crippen LogP contribution in [0.1, 0.15) is 0 Å². The monoisotopic (exact) mass is 173 g/mol. The minimum atomic E-state index is 0.892. The third-order valence-corrected chi connectivity index (χ3v) is 2.24. The van der Waals surface area contributed by atoms with Crippen molar-refractivity contribution in [2.45, 2.75) is 0 Å². The molecule has 0 aliphatic carbocycles. The first-order valence-corrected chi connectivity index (χ1v) is 4.51. The number of hydrogen-bond donors (Lipinski definition) is 1. The van der Waals surface area contributed by atoms with Crippen LogP contribution in [0.4, 0.5) is 0 Å². The van der Waals surface area contributed by atoms with E-state index in [0.29, 0.717) is 0 Å². The fraction of sp³-hybridized carbons (Fsp3) is 1.00. The van der Waals surface area contributed by atoms with Gasteiger partial charge in [-0.1, -0.05) is 0 Å². The topological polar surface area (TPSA) is 27.7 Å². The van der Waals surface area contributed by atoms with E-state index in [-0.39, 0.29) is 0 Å². The van der Waals surface area contributed by atoms with Gasteiger partial charge in [-0.05, 0) is 7.05 Å². The highest BCUT2D eigenvalue weighted by molar-refractivity contribution is 4.62. The number of nitrogens with one attached hydrogen (secondary N) is 1. The summed E-state index contributed by atoms with van der Waals surface area (Å²) >= 11 is 0. The molecule has 72 valence electrons. The van der Waals surface area contributed by atoms with E-state index in [1.165, 1.54) is 0 Å². The van der Waals surface area contributed by atoms with Crippen LogP contribution in [0.2, 0.25) is 0 Å². The van der Waals surface area contributed by atoms with Crippen LogP contribution < -0.4 is 5.43 Å². The van der Waals surface area contributed by atoms with Crippen molar-refractivity contribution in [1.29, 1.82) is 0 Å². The summed E-state index contributed by atoms with van der Waals surface area (Å²) in [6, 6.07) is 0. The van der Waals surface area contributed by atoms with Crippen LogP contribution in [0.5, 0.6) is 0 Å². The largest absolute Gasteiger partial charge is 0.379 e. The Morgan fingerprint density at radius 2 is 2.08 bits per heavy atom. The van der Waals surface area contributed by atoms with Gasteiger partial charge in [0.05, 0.1) is 13.2 Å². The van der Waals surface area contributed by atoms with E-state index in [2.05, 4.69) is 22.4 Å². The van der Waals surface area contributed by atoms with Gasteiger partial charge < -0.3 is 4.74 Å². The van der Waals surface area contributed by atoms with E-state index in [4.69, 9.17) is 4.74 Å². The molecule has 0 bridgehead atoms. The molecule has 1 heterocycles. The molecule has 0 unspecified atom stereocenters. The third-order valence-electron chi connectivity index (χ3n) is 2.24. The average Bonchev–Trinajstić information content (AvgIpc) is 2.16. The van der Waals surface area contributed by atoms with E-state index >= 15 is 0 Å². The predicted molar refractivity (Wildman–Crippen MR) is 48.9 cm³/mol. The lowest BCUT2D eigenvalue weighted by Gasteiger charge is -2.28. The van der Waals surface area contributed by atoms with Gasteiger partial charge in [-0.3, -0.25) is 10.3 Å². The molecule has 1 N–H and O–H groups in total. The molecule has 1 rings (SSSR count). The zero-order valence-corrected chi connectivity index (χ0v) is 8.05. The minimum absolute atomic E-state index is 0.892. The van der Waals surface area contributed by atoms with E-state index in [1.807, 2.05) is 7.05 Å². The second-order valence-electron chi connectivity index (χ2n) is 3.10. The van der Waals surface area contributed by atoms with Gasteiger partial charge >= 0.3 is 0 Å². The van der Waals surface area contributed by atoms with Gasteiger partial charge in [-0.2, -0.15) is 0 Å². The van der Waals surface area contributed by atoms with Crippen molar-refractivity contribution in [2.24, 2.45) is 0 Å². The quantitative estimate of drug-likeness (QED) is 0.574. The summed E-state index contributed by atoms with van der Waals surface area (Å²) in [5.74, 6) is 0. The Labute approximate surface area is 74.4 Å². The number of hydrazine groups is 1. The average molecular weight is 173 g/mol. The molecule has 4 nitrogen and oxygen atoms in total. The summed E-state index contributed by atoms with van der Waals surface area (Å²) in [4.78, 5) is 2.43. The first-order valence-electron chi connectivity index (χ1n) is 4.51. The zero-order chi connectivity index (χ0) is 8.81. The molecule has 0 radical (unpaired) electrons. The van der Waals surface area contributed by atoms with Crippen molar-refractivity contribution in [3.8, 4) is 0 Å².